The van der Waals surface area contributed by atoms with E-state index < -0.39 is 0 Å². The molecular weight excluding hydrogens is 196 g/mol. The minimum Gasteiger partial charge on any atom is -0.317 e. The van der Waals surface area contributed by atoms with Crippen molar-refractivity contribution in [3.05, 3.63) is 25.3 Å². The standard InChI is InChI=1S/C14H26N2/c1-4-11-16(12-5-2)13-14(6-3)7-9-15-10-8-14/h4-5,15H,1-2,6-13H2,3H3. The van der Waals surface area contributed by atoms with Crippen molar-refractivity contribution in [2.24, 2.45) is 5.41 Å². The normalized spacial score (nSPS) is 19.6. The zero-order chi connectivity index (χ0) is 11.9. The first kappa shape index (κ1) is 13.5. The van der Waals surface area contributed by atoms with Crippen molar-refractivity contribution in [3.8, 4) is 0 Å². The van der Waals surface area contributed by atoms with Gasteiger partial charge in [0.15, 0.2) is 0 Å². The molecule has 92 valence electrons. The van der Waals surface area contributed by atoms with Gasteiger partial charge < -0.3 is 5.32 Å². The molecule has 1 heterocycles. The van der Waals surface area contributed by atoms with E-state index in [0.29, 0.717) is 5.41 Å². The molecule has 1 fully saturated rings. The van der Waals surface area contributed by atoms with Crippen LogP contribution in [0.3, 0.4) is 0 Å². The number of nitrogens with one attached hydrogen (secondary N) is 1. The highest BCUT2D eigenvalue weighted by atomic mass is 15.1. The molecule has 0 unspecified atom stereocenters. The highest BCUT2D eigenvalue weighted by molar-refractivity contribution is 4.89. The van der Waals surface area contributed by atoms with E-state index >= 15 is 0 Å². The summed E-state index contributed by atoms with van der Waals surface area (Å²) >= 11 is 0. The minimum absolute atomic E-state index is 0.511. The monoisotopic (exact) mass is 222 g/mol. The second kappa shape index (κ2) is 6.87. The molecule has 0 aliphatic carbocycles. The highest BCUT2D eigenvalue weighted by Gasteiger charge is 2.31. The van der Waals surface area contributed by atoms with Crippen molar-refractivity contribution in [2.75, 3.05) is 32.7 Å². The van der Waals surface area contributed by atoms with Gasteiger partial charge in [-0.1, -0.05) is 19.1 Å². The Morgan fingerprint density at radius 1 is 1.19 bits per heavy atom. The molecule has 1 saturated heterocycles. The van der Waals surface area contributed by atoms with Gasteiger partial charge in [0.25, 0.3) is 0 Å². The number of piperidine rings is 1. The first-order valence-electron chi connectivity index (χ1n) is 6.41. The van der Waals surface area contributed by atoms with Crippen molar-refractivity contribution < 1.29 is 0 Å². The average molecular weight is 222 g/mol. The Balaban J connectivity index is 2.56. The molecule has 0 radical (unpaired) electrons. The topological polar surface area (TPSA) is 15.3 Å². The lowest BCUT2D eigenvalue weighted by Gasteiger charge is -2.40. The van der Waals surface area contributed by atoms with Gasteiger partial charge in [0, 0.05) is 19.6 Å². The molecule has 2 heteroatoms. The summed E-state index contributed by atoms with van der Waals surface area (Å²) in [7, 11) is 0. The number of hydrogen-bond donors (Lipinski definition) is 1. The lowest BCUT2D eigenvalue weighted by Crippen LogP contribution is -2.44. The van der Waals surface area contributed by atoms with Crippen LogP contribution in [0.5, 0.6) is 0 Å². The molecule has 0 aromatic heterocycles. The van der Waals surface area contributed by atoms with Crippen LogP contribution in [-0.4, -0.2) is 37.6 Å². The molecule has 16 heavy (non-hydrogen) atoms. The van der Waals surface area contributed by atoms with E-state index in [4.69, 9.17) is 0 Å². The molecule has 1 aliphatic heterocycles. The van der Waals surface area contributed by atoms with E-state index in [2.05, 4.69) is 30.3 Å². The van der Waals surface area contributed by atoms with Crippen LogP contribution in [0.2, 0.25) is 0 Å². The van der Waals surface area contributed by atoms with Gasteiger partial charge in [-0.15, -0.1) is 13.2 Å². The smallest absolute Gasteiger partial charge is 0.0164 e. The molecular formula is C14H26N2. The molecule has 0 saturated carbocycles. The zero-order valence-electron chi connectivity index (χ0n) is 10.7. The van der Waals surface area contributed by atoms with Gasteiger partial charge in [0.2, 0.25) is 0 Å². The van der Waals surface area contributed by atoms with Crippen molar-refractivity contribution in [1.82, 2.24) is 10.2 Å². The first-order chi connectivity index (χ1) is 7.76. The second-order valence-corrected chi connectivity index (χ2v) is 4.87. The van der Waals surface area contributed by atoms with Gasteiger partial charge in [0.1, 0.15) is 0 Å². The second-order valence-electron chi connectivity index (χ2n) is 4.87. The number of hydrogen-bond acceptors (Lipinski definition) is 2. The van der Waals surface area contributed by atoms with E-state index in [0.717, 1.165) is 13.1 Å². The number of nitrogens with zero attached hydrogens (tertiary/aromatic N) is 1. The summed E-state index contributed by atoms with van der Waals surface area (Å²) in [6, 6.07) is 0. The summed E-state index contributed by atoms with van der Waals surface area (Å²) in [6.07, 6.45) is 7.86. The summed E-state index contributed by atoms with van der Waals surface area (Å²) in [5.74, 6) is 0. The van der Waals surface area contributed by atoms with E-state index in [9.17, 15) is 0 Å². The number of rotatable bonds is 7. The van der Waals surface area contributed by atoms with Crippen molar-refractivity contribution in [1.29, 1.82) is 0 Å². The van der Waals surface area contributed by atoms with Crippen molar-refractivity contribution >= 4 is 0 Å². The summed E-state index contributed by atoms with van der Waals surface area (Å²) in [6.45, 7) is 15.5. The van der Waals surface area contributed by atoms with Crippen LogP contribution >= 0.6 is 0 Å². The van der Waals surface area contributed by atoms with Gasteiger partial charge in [-0.05, 0) is 37.8 Å². The summed E-state index contributed by atoms with van der Waals surface area (Å²) < 4.78 is 0. The highest BCUT2D eigenvalue weighted by Crippen LogP contribution is 2.33. The fourth-order valence-electron chi connectivity index (χ4n) is 2.62. The lowest BCUT2D eigenvalue weighted by molar-refractivity contribution is 0.121. The molecule has 0 amide bonds. The van der Waals surface area contributed by atoms with Gasteiger partial charge in [-0.25, -0.2) is 0 Å². The Morgan fingerprint density at radius 2 is 1.75 bits per heavy atom. The van der Waals surface area contributed by atoms with Crippen LogP contribution < -0.4 is 5.32 Å². The molecule has 0 atom stereocenters. The van der Waals surface area contributed by atoms with Crippen LogP contribution in [0, 0.1) is 5.41 Å². The molecule has 0 aromatic carbocycles. The van der Waals surface area contributed by atoms with Gasteiger partial charge in [-0.2, -0.15) is 0 Å². The van der Waals surface area contributed by atoms with E-state index in [-0.39, 0.29) is 0 Å². The Labute approximate surface area is 100 Å². The largest absolute Gasteiger partial charge is 0.317 e. The SMILES string of the molecule is C=CCN(CC=C)CC1(CC)CCNCC1. The molecule has 2 nitrogen and oxygen atoms in total. The fraction of sp³-hybridized carbons (Fsp3) is 0.714. The Kier molecular flexibility index (Phi) is 5.78. The molecule has 1 N–H and O–H groups in total. The van der Waals surface area contributed by atoms with Crippen LogP contribution in [0.4, 0.5) is 0 Å². The third kappa shape index (κ3) is 3.76. The maximum atomic E-state index is 3.84. The molecule has 1 rings (SSSR count). The first-order valence-corrected chi connectivity index (χ1v) is 6.41. The van der Waals surface area contributed by atoms with E-state index in [1.54, 1.807) is 0 Å². The Hall–Kier alpha value is -0.600. The Bertz CT molecular complexity index is 207. The minimum atomic E-state index is 0.511. The third-order valence-electron chi connectivity index (χ3n) is 3.75. The summed E-state index contributed by atoms with van der Waals surface area (Å²) in [4.78, 5) is 2.45. The molecule has 0 spiro atoms. The lowest BCUT2D eigenvalue weighted by atomic mass is 9.76. The van der Waals surface area contributed by atoms with Crippen molar-refractivity contribution in [2.45, 2.75) is 26.2 Å². The maximum Gasteiger partial charge on any atom is 0.0164 e. The summed E-state index contributed by atoms with van der Waals surface area (Å²) in [5, 5.41) is 3.45. The zero-order valence-corrected chi connectivity index (χ0v) is 10.7. The van der Waals surface area contributed by atoms with Crippen LogP contribution in [0.1, 0.15) is 26.2 Å². The third-order valence-corrected chi connectivity index (χ3v) is 3.75. The van der Waals surface area contributed by atoms with E-state index in [1.165, 1.54) is 38.9 Å². The molecule has 1 aliphatic rings. The van der Waals surface area contributed by atoms with Gasteiger partial charge in [0.05, 0.1) is 0 Å². The average Bonchev–Trinajstić information content (AvgIpc) is 2.31. The molecule has 0 bridgehead atoms. The van der Waals surface area contributed by atoms with Crippen LogP contribution in [0.25, 0.3) is 0 Å². The fourth-order valence-corrected chi connectivity index (χ4v) is 2.62. The van der Waals surface area contributed by atoms with Crippen LogP contribution in [0.15, 0.2) is 25.3 Å². The van der Waals surface area contributed by atoms with E-state index in [1.807, 2.05) is 12.2 Å². The quantitative estimate of drug-likeness (QED) is 0.666. The van der Waals surface area contributed by atoms with Gasteiger partial charge in [-0.3, -0.25) is 4.90 Å². The Morgan fingerprint density at radius 3 is 2.19 bits per heavy atom. The summed E-state index contributed by atoms with van der Waals surface area (Å²) in [5.41, 5.74) is 0.511. The maximum absolute atomic E-state index is 3.84. The van der Waals surface area contributed by atoms with Crippen LogP contribution in [-0.2, 0) is 0 Å². The predicted octanol–water partition coefficient (Wildman–Crippen LogP) is 2.44. The van der Waals surface area contributed by atoms with Crippen molar-refractivity contribution in [3.63, 3.8) is 0 Å². The predicted molar refractivity (Wildman–Crippen MR) is 71.7 cm³/mol. The van der Waals surface area contributed by atoms with Gasteiger partial charge >= 0.3 is 0 Å². The molecule has 0 aromatic rings.